The normalized spacial score (nSPS) is 14.7. The zero-order valence-electron chi connectivity index (χ0n) is 10.1. The van der Waals surface area contributed by atoms with Gasteiger partial charge in [0.1, 0.15) is 5.60 Å². The van der Waals surface area contributed by atoms with Crippen LogP contribution >= 0.6 is 0 Å². The summed E-state index contributed by atoms with van der Waals surface area (Å²) < 4.78 is 5.44. The van der Waals surface area contributed by atoms with Crippen molar-refractivity contribution in [2.45, 2.75) is 19.4 Å². The van der Waals surface area contributed by atoms with Crippen LogP contribution in [0.25, 0.3) is 0 Å². The van der Waals surface area contributed by atoms with Gasteiger partial charge in [-0.1, -0.05) is 37.3 Å². The van der Waals surface area contributed by atoms with Gasteiger partial charge >= 0.3 is 0 Å². The van der Waals surface area contributed by atoms with E-state index in [0.717, 1.165) is 18.7 Å². The van der Waals surface area contributed by atoms with Gasteiger partial charge in [0.25, 0.3) is 0 Å². The number of likely N-dealkylation sites (N-methyl/N-ethyl adjacent to an activating group) is 1. The lowest BCUT2D eigenvalue weighted by Gasteiger charge is -2.23. The maximum absolute atomic E-state index is 10.2. The van der Waals surface area contributed by atoms with E-state index in [9.17, 15) is 5.11 Å². The molecule has 2 N–H and O–H groups in total. The minimum atomic E-state index is -0.909. The fraction of sp³-hybridized carbons (Fsp3) is 0.538. The Labute approximate surface area is 97.4 Å². The Hall–Kier alpha value is -0.900. The van der Waals surface area contributed by atoms with Crippen molar-refractivity contribution in [2.75, 3.05) is 26.3 Å². The number of rotatable bonds is 7. The maximum Gasteiger partial charge on any atom is 0.110 e. The predicted molar refractivity (Wildman–Crippen MR) is 65.4 cm³/mol. The van der Waals surface area contributed by atoms with E-state index in [0.29, 0.717) is 13.2 Å². The summed E-state index contributed by atoms with van der Waals surface area (Å²) in [5, 5.41) is 13.4. The average Bonchev–Trinajstić information content (AvgIpc) is 2.30. The van der Waals surface area contributed by atoms with Gasteiger partial charge in [0.05, 0.1) is 13.2 Å². The van der Waals surface area contributed by atoms with Crippen LogP contribution in [0.2, 0.25) is 0 Å². The first-order valence-electron chi connectivity index (χ1n) is 5.73. The molecular weight excluding hydrogens is 202 g/mol. The van der Waals surface area contributed by atoms with Crippen LogP contribution in [0.15, 0.2) is 30.3 Å². The number of nitrogens with one attached hydrogen (secondary N) is 1. The van der Waals surface area contributed by atoms with Gasteiger partial charge in [0.15, 0.2) is 0 Å². The lowest BCUT2D eigenvalue weighted by atomic mass is 9.97. The Balaban J connectivity index is 2.35. The Morgan fingerprint density at radius 1 is 1.31 bits per heavy atom. The van der Waals surface area contributed by atoms with Gasteiger partial charge in [0, 0.05) is 6.54 Å². The summed E-state index contributed by atoms with van der Waals surface area (Å²) in [6, 6.07) is 9.60. The van der Waals surface area contributed by atoms with Crippen LogP contribution < -0.4 is 5.32 Å². The van der Waals surface area contributed by atoms with E-state index in [2.05, 4.69) is 12.2 Å². The second-order valence-electron chi connectivity index (χ2n) is 4.05. The lowest BCUT2D eigenvalue weighted by molar-refractivity contribution is -0.0367. The molecule has 90 valence electrons. The Morgan fingerprint density at radius 2 is 2.00 bits per heavy atom. The fourth-order valence-corrected chi connectivity index (χ4v) is 1.47. The van der Waals surface area contributed by atoms with Crippen molar-refractivity contribution < 1.29 is 9.84 Å². The minimum absolute atomic E-state index is 0.322. The molecule has 0 saturated heterocycles. The first kappa shape index (κ1) is 13.2. The summed E-state index contributed by atoms with van der Waals surface area (Å²) >= 11 is 0. The molecule has 1 aromatic carbocycles. The number of aliphatic hydroxyl groups is 1. The summed E-state index contributed by atoms with van der Waals surface area (Å²) in [4.78, 5) is 0. The van der Waals surface area contributed by atoms with Gasteiger partial charge in [0.2, 0.25) is 0 Å². The molecule has 1 unspecified atom stereocenters. The van der Waals surface area contributed by atoms with E-state index in [1.54, 1.807) is 6.92 Å². The van der Waals surface area contributed by atoms with Crippen LogP contribution in [0.5, 0.6) is 0 Å². The van der Waals surface area contributed by atoms with E-state index in [4.69, 9.17) is 4.74 Å². The maximum atomic E-state index is 10.2. The predicted octanol–water partition coefficient (Wildman–Crippen LogP) is 1.52. The number of benzene rings is 1. The molecule has 0 aliphatic rings. The molecule has 0 saturated carbocycles. The first-order chi connectivity index (χ1) is 7.67. The zero-order valence-corrected chi connectivity index (χ0v) is 10.1. The quantitative estimate of drug-likeness (QED) is 0.689. The van der Waals surface area contributed by atoms with Crippen LogP contribution in [-0.2, 0) is 10.3 Å². The van der Waals surface area contributed by atoms with Crippen LogP contribution in [0, 0.1) is 0 Å². The van der Waals surface area contributed by atoms with E-state index >= 15 is 0 Å². The molecule has 3 nitrogen and oxygen atoms in total. The van der Waals surface area contributed by atoms with Crippen LogP contribution in [-0.4, -0.2) is 31.4 Å². The SMILES string of the molecule is CCNCCOCC(C)(O)c1ccccc1. The summed E-state index contributed by atoms with van der Waals surface area (Å²) in [6.45, 7) is 6.54. The van der Waals surface area contributed by atoms with E-state index in [1.165, 1.54) is 0 Å². The molecule has 1 atom stereocenters. The van der Waals surface area contributed by atoms with Crippen molar-refractivity contribution in [3.63, 3.8) is 0 Å². The largest absolute Gasteiger partial charge is 0.383 e. The molecule has 3 heteroatoms. The highest BCUT2D eigenvalue weighted by Gasteiger charge is 2.22. The van der Waals surface area contributed by atoms with Crippen LogP contribution in [0.4, 0.5) is 0 Å². The third kappa shape index (κ3) is 4.31. The number of hydrogen-bond donors (Lipinski definition) is 2. The van der Waals surface area contributed by atoms with Crippen molar-refractivity contribution in [1.29, 1.82) is 0 Å². The second kappa shape index (κ2) is 6.63. The highest BCUT2D eigenvalue weighted by Crippen LogP contribution is 2.20. The molecule has 0 heterocycles. The standard InChI is InChI=1S/C13H21NO2/c1-3-14-9-10-16-11-13(2,15)12-7-5-4-6-8-12/h4-8,14-15H,3,9-11H2,1-2H3. The van der Waals surface area contributed by atoms with E-state index < -0.39 is 5.60 Å². The van der Waals surface area contributed by atoms with Crippen molar-refractivity contribution in [3.8, 4) is 0 Å². The third-order valence-corrected chi connectivity index (χ3v) is 2.45. The molecule has 16 heavy (non-hydrogen) atoms. The minimum Gasteiger partial charge on any atom is -0.383 e. The van der Waals surface area contributed by atoms with Crippen molar-refractivity contribution in [2.24, 2.45) is 0 Å². The molecule has 0 spiro atoms. The summed E-state index contributed by atoms with van der Waals surface area (Å²) in [7, 11) is 0. The smallest absolute Gasteiger partial charge is 0.110 e. The fourth-order valence-electron chi connectivity index (χ4n) is 1.47. The Bertz CT molecular complexity index is 285. The number of ether oxygens (including phenoxy) is 1. The average molecular weight is 223 g/mol. The monoisotopic (exact) mass is 223 g/mol. The Kier molecular flexibility index (Phi) is 5.46. The molecule has 0 aliphatic heterocycles. The summed E-state index contributed by atoms with van der Waals surface area (Å²) in [6.07, 6.45) is 0. The van der Waals surface area contributed by atoms with Gasteiger partial charge in [-0.05, 0) is 19.0 Å². The highest BCUT2D eigenvalue weighted by atomic mass is 16.5. The van der Waals surface area contributed by atoms with Gasteiger partial charge < -0.3 is 15.2 Å². The molecule has 0 radical (unpaired) electrons. The summed E-state index contributed by atoms with van der Waals surface area (Å²) in [5.74, 6) is 0. The van der Waals surface area contributed by atoms with Crippen molar-refractivity contribution in [1.82, 2.24) is 5.32 Å². The van der Waals surface area contributed by atoms with Gasteiger partial charge in [-0.25, -0.2) is 0 Å². The summed E-state index contributed by atoms with van der Waals surface area (Å²) in [5.41, 5.74) is -0.0218. The molecule has 1 rings (SSSR count). The molecular formula is C13H21NO2. The van der Waals surface area contributed by atoms with Crippen LogP contribution in [0.3, 0.4) is 0 Å². The third-order valence-electron chi connectivity index (χ3n) is 2.45. The highest BCUT2D eigenvalue weighted by molar-refractivity contribution is 5.21. The second-order valence-corrected chi connectivity index (χ2v) is 4.05. The van der Waals surface area contributed by atoms with E-state index in [1.807, 2.05) is 30.3 Å². The molecule has 0 aliphatic carbocycles. The van der Waals surface area contributed by atoms with Gasteiger partial charge in [-0.2, -0.15) is 0 Å². The molecule has 0 amide bonds. The molecule has 0 aromatic heterocycles. The topological polar surface area (TPSA) is 41.5 Å². The number of hydrogen-bond acceptors (Lipinski definition) is 3. The van der Waals surface area contributed by atoms with Crippen molar-refractivity contribution in [3.05, 3.63) is 35.9 Å². The van der Waals surface area contributed by atoms with Crippen LogP contribution in [0.1, 0.15) is 19.4 Å². The molecule has 0 fully saturated rings. The lowest BCUT2D eigenvalue weighted by Crippen LogP contribution is -2.29. The van der Waals surface area contributed by atoms with Gasteiger partial charge in [-0.3, -0.25) is 0 Å². The first-order valence-corrected chi connectivity index (χ1v) is 5.73. The van der Waals surface area contributed by atoms with Crippen molar-refractivity contribution >= 4 is 0 Å². The van der Waals surface area contributed by atoms with Gasteiger partial charge in [-0.15, -0.1) is 0 Å². The molecule has 0 bridgehead atoms. The van der Waals surface area contributed by atoms with E-state index in [-0.39, 0.29) is 0 Å². The zero-order chi connectivity index (χ0) is 11.9. The molecule has 1 aromatic rings. The Morgan fingerprint density at radius 3 is 2.62 bits per heavy atom.